The summed E-state index contributed by atoms with van der Waals surface area (Å²) in [4.78, 5) is 234. The molecular weight excluding hydrogens is 1460 g/mol. The molecule has 0 saturated carbocycles. The minimum atomic E-state index is -1.50. The van der Waals surface area contributed by atoms with Crippen molar-refractivity contribution < 1.29 is 91.7 Å². The van der Waals surface area contributed by atoms with E-state index < -0.39 is 209 Å². The fourth-order valence-electron chi connectivity index (χ4n) is 13.0. The Balaban J connectivity index is 1.75. The van der Waals surface area contributed by atoms with Gasteiger partial charge in [0.1, 0.15) is 84.6 Å². The Morgan fingerprint density at radius 3 is 1.21 bits per heavy atom. The highest BCUT2D eigenvalue weighted by atomic mass is 16.4. The van der Waals surface area contributed by atoms with E-state index in [1.165, 1.54) is 42.4 Å². The number of guanidine groups is 1. The Labute approximate surface area is 652 Å². The molecule has 0 aliphatic carbocycles. The minimum absolute atomic E-state index is 0.0100. The van der Waals surface area contributed by atoms with Gasteiger partial charge in [-0.1, -0.05) is 34.1 Å². The fourth-order valence-corrected chi connectivity index (χ4v) is 13.0. The van der Waals surface area contributed by atoms with Crippen LogP contribution in [0.2, 0.25) is 0 Å². The molecule has 0 aromatic rings. The van der Waals surface area contributed by atoms with Crippen molar-refractivity contribution in [1.82, 2.24) is 78.5 Å². The molecule has 0 spiro atoms. The van der Waals surface area contributed by atoms with Crippen LogP contribution in [0.1, 0.15) is 190 Å². The largest absolute Gasteiger partial charge is 0.481 e. The zero-order valence-electron chi connectivity index (χ0n) is 65.8. The van der Waals surface area contributed by atoms with Crippen molar-refractivity contribution in [1.29, 1.82) is 5.41 Å². The van der Waals surface area contributed by atoms with E-state index in [1.54, 1.807) is 27.7 Å². The van der Waals surface area contributed by atoms with Crippen LogP contribution >= 0.6 is 0 Å². The first-order chi connectivity index (χ1) is 52.8. The highest BCUT2D eigenvalue weighted by Gasteiger charge is 2.45. The number of carboxylic acid groups (broad SMARTS) is 2. The fraction of sp³-hybridized carbons (Fsp3) is 0.746. The number of nitrogens with two attached hydrogens (primary N) is 6. The highest BCUT2D eigenvalue weighted by Crippen LogP contribution is 2.25. The van der Waals surface area contributed by atoms with E-state index in [4.69, 9.17) is 39.8 Å². The van der Waals surface area contributed by atoms with Crippen molar-refractivity contribution in [2.75, 3.05) is 45.8 Å². The number of nitrogens with one attached hydrogen (secondary N) is 13. The van der Waals surface area contributed by atoms with E-state index in [1.807, 2.05) is 0 Å². The Morgan fingerprint density at radius 1 is 0.384 bits per heavy atom. The van der Waals surface area contributed by atoms with Gasteiger partial charge in [0.25, 0.3) is 0 Å². The normalized spacial score (nSPS) is 18.6. The van der Waals surface area contributed by atoms with E-state index in [0.29, 0.717) is 64.3 Å². The molecule has 41 nitrogen and oxygen atoms in total. The molecule has 3 rings (SSSR count). The molecule has 3 fully saturated rings. The van der Waals surface area contributed by atoms with Crippen molar-refractivity contribution in [3.8, 4) is 0 Å². The Kier molecular flexibility index (Phi) is 41.9. The molecule has 27 N–H and O–H groups in total. The summed E-state index contributed by atoms with van der Waals surface area (Å²) in [6.45, 7) is 12.9. The number of carboxylic acids is 2. The number of primary amides is 1. The van der Waals surface area contributed by atoms with Crippen molar-refractivity contribution in [3.63, 3.8) is 0 Å². The average molecular weight is 1590 g/mol. The van der Waals surface area contributed by atoms with Gasteiger partial charge in [0.2, 0.25) is 88.6 Å². The maximum absolute atomic E-state index is 14.7. The van der Waals surface area contributed by atoms with Crippen LogP contribution < -0.4 is 98.2 Å². The van der Waals surface area contributed by atoms with Crippen LogP contribution in [0, 0.1) is 17.2 Å². The third-order valence-corrected chi connectivity index (χ3v) is 19.6. The number of likely N-dealkylation sites (tertiary alicyclic amines) is 3. The first-order valence-corrected chi connectivity index (χ1v) is 38.7. The van der Waals surface area contributed by atoms with Crippen molar-refractivity contribution in [3.05, 3.63) is 0 Å². The van der Waals surface area contributed by atoms with E-state index in [9.17, 15) is 91.7 Å². The van der Waals surface area contributed by atoms with Crippen LogP contribution in [0.4, 0.5) is 0 Å². The van der Waals surface area contributed by atoms with Crippen molar-refractivity contribution in [2.45, 2.75) is 281 Å². The van der Waals surface area contributed by atoms with E-state index in [2.05, 4.69) is 63.8 Å². The molecule has 0 bridgehead atoms. The standard InChI is InChI=1S/C71H124N22O19/c1-37(2)54(66(107)83-40(6)57(98)81-42(8)59(100)88-48(70(111)112)26-28-52(76)94)89-62(103)44(20-10-13-31-73)84-61(102)45(22-15-33-79-71(77)78)85-64(105)50-24-16-34-91(50)67(108)46(21-11-14-32-74)86-58(99)41(7)80-56(97)39(5)82-63(104)49-23-18-36-93(49)69(110)55(38(3)4)90-65(106)51-25-17-35-92(51)68(109)47(27-29-53(95)96)87-60(101)43(75)19-9-12-30-72/h37-51,54-55H,9-36,72-75H2,1-8H3,(H2,76,94)(H,80,97)(H,81,98)(H,82,104)(H,83,107)(H,84,102)(H,85,105)(H,86,99)(H,87,101)(H,88,100)(H,89,103)(H,90,106)(H,95,96)(H,111,112)(H4,77,78,79)/t39-,40-,41-,42-,43-,44-,45-,46-,47-,48-,49-,50-,51-,54-,55-/m0/s1. The molecule has 3 aliphatic rings. The van der Waals surface area contributed by atoms with E-state index in [-0.39, 0.29) is 116 Å². The third kappa shape index (κ3) is 31.7. The third-order valence-electron chi connectivity index (χ3n) is 19.6. The van der Waals surface area contributed by atoms with Gasteiger partial charge in [-0.15, -0.1) is 0 Å². The summed E-state index contributed by atoms with van der Waals surface area (Å²) in [5.41, 5.74) is 33.9. The Morgan fingerprint density at radius 2 is 0.750 bits per heavy atom. The lowest BCUT2D eigenvalue weighted by Crippen LogP contribution is -2.60. The second-order valence-corrected chi connectivity index (χ2v) is 29.5. The molecule has 3 aliphatic heterocycles. The van der Waals surface area contributed by atoms with Gasteiger partial charge in [0.05, 0.1) is 6.04 Å². The second kappa shape index (κ2) is 48.8. The molecule has 112 heavy (non-hydrogen) atoms. The SMILES string of the molecule is CC(C)[C@H](NC(=O)[C@H](CCCCN)NC(=O)[C@H](CCCNC(=N)N)NC(=O)[C@@H]1CCCN1C(=O)[C@H](CCCCN)NC(=O)[C@H](C)NC(=O)[C@H](C)NC(=O)[C@@H]1CCCN1C(=O)[C@@H](NC(=O)[C@@H]1CCCN1C(=O)[C@H](CCC(=O)O)NC(=O)[C@@H](N)CCCCN)C(C)C)C(=O)N[C@@H](C)C(=O)N[C@@H](C)C(=O)N[C@@H](CCC(N)=O)C(=O)O. The van der Waals surface area contributed by atoms with Crippen LogP contribution in [0.3, 0.4) is 0 Å². The van der Waals surface area contributed by atoms with Gasteiger partial charge in [-0.25, -0.2) is 4.79 Å². The number of unbranched alkanes of at least 4 members (excludes halogenated alkanes) is 3. The Bertz CT molecular complexity index is 3270. The second-order valence-electron chi connectivity index (χ2n) is 29.5. The molecule has 3 saturated heterocycles. The van der Waals surface area contributed by atoms with Gasteiger partial charge in [-0.2, -0.15) is 0 Å². The van der Waals surface area contributed by atoms with Gasteiger partial charge in [-0.3, -0.25) is 82.1 Å². The van der Waals surface area contributed by atoms with Crippen molar-refractivity contribution in [2.24, 2.45) is 46.2 Å². The van der Waals surface area contributed by atoms with Crippen LogP contribution in [0.5, 0.6) is 0 Å². The Hall–Kier alpha value is -9.90. The highest BCUT2D eigenvalue weighted by molar-refractivity contribution is 6.01. The predicted molar refractivity (Wildman–Crippen MR) is 407 cm³/mol. The predicted octanol–water partition coefficient (Wildman–Crippen LogP) is -6.12. The first-order valence-electron chi connectivity index (χ1n) is 38.7. The molecule has 3 heterocycles. The molecule has 0 unspecified atom stereocenters. The summed E-state index contributed by atoms with van der Waals surface area (Å²) < 4.78 is 0. The number of nitrogens with zero attached hydrogens (tertiary/aromatic N) is 3. The summed E-state index contributed by atoms with van der Waals surface area (Å²) in [5.74, 6) is -15.8. The van der Waals surface area contributed by atoms with E-state index in [0.717, 1.165) is 0 Å². The molecular formula is C71H124N22O19. The van der Waals surface area contributed by atoms with Crippen LogP contribution in [-0.2, 0) is 81.5 Å². The first kappa shape index (κ1) is 96.3. The number of aliphatic carboxylic acids is 2. The molecule has 0 aromatic carbocycles. The summed E-state index contributed by atoms with van der Waals surface area (Å²) in [7, 11) is 0. The monoisotopic (exact) mass is 1590 g/mol. The lowest BCUT2D eigenvalue weighted by Gasteiger charge is -2.33. The number of hydrogen-bond donors (Lipinski definition) is 21. The zero-order chi connectivity index (χ0) is 84.2. The van der Waals surface area contributed by atoms with Crippen LogP contribution in [0.15, 0.2) is 0 Å². The number of rotatable bonds is 50. The molecule has 15 atom stereocenters. The maximum atomic E-state index is 14.7. The van der Waals surface area contributed by atoms with Crippen molar-refractivity contribution >= 4 is 107 Å². The zero-order valence-corrected chi connectivity index (χ0v) is 65.8. The quantitative estimate of drug-likeness (QED) is 0.0153. The summed E-state index contributed by atoms with van der Waals surface area (Å²) in [6.07, 6.45) is 3.07. The smallest absolute Gasteiger partial charge is 0.326 e. The lowest BCUT2D eigenvalue weighted by atomic mass is 10.0. The summed E-state index contributed by atoms with van der Waals surface area (Å²) >= 11 is 0. The van der Waals surface area contributed by atoms with Gasteiger partial charge < -0.3 is 123 Å². The summed E-state index contributed by atoms with van der Waals surface area (Å²) in [5, 5.41) is 57.6. The minimum Gasteiger partial charge on any atom is -0.481 e. The van der Waals surface area contributed by atoms with Gasteiger partial charge in [0.15, 0.2) is 5.96 Å². The molecule has 0 radical (unpaired) electrons. The number of amides is 15. The van der Waals surface area contributed by atoms with Gasteiger partial charge in [0, 0.05) is 39.0 Å². The molecule has 0 aromatic heterocycles. The number of carbonyl (C=O) groups excluding carboxylic acids is 15. The number of carbonyl (C=O) groups is 17. The van der Waals surface area contributed by atoms with E-state index >= 15 is 0 Å². The summed E-state index contributed by atoms with van der Waals surface area (Å²) in [6, 6.07) is -19.0. The number of hydrogen-bond acceptors (Lipinski definition) is 22. The molecule has 632 valence electrons. The lowest BCUT2D eigenvalue weighted by molar-refractivity contribution is -0.145. The topological polar surface area (TPSA) is 665 Å². The van der Waals surface area contributed by atoms with Gasteiger partial charge in [-0.05, 0) is 175 Å². The van der Waals surface area contributed by atoms with Crippen LogP contribution in [-0.4, -0.2) is 268 Å². The molecule has 15 amide bonds. The van der Waals surface area contributed by atoms with Crippen LogP contribution in [0.25, 0.3) is 0 Å². The maximum Gasteiger partial charge on any atom is 0.326 e. The average Bonchev–Trinajstić information content (AvgIpc) is 1.64. The van der Waals surface area contributed by atoms with Gasteiger partial charge >= 0.3 is 11.9 Å². The molecule has 41 heteroatoms.